The van der Waals surface area contributed by atoms with Crippen molar-refractivity contribution in [2.75, 3.05) is 13.1 Å². The first-order chi connectivity index (χ1) is 13.5. The van der Waals surface area contributed by atoms with Gasteiger partial charge in [-0.1, -0.05) is 72.3 Å². The Labute approximate surface area is 168 Å². The minimum Gasteiger partial charge on any atom is -0.375 e. The highest BCUT2D eigenvalue weighted by Gasteiger charge is 2.49. The van der Waals surface area contributed by atoms with E-state index in [0.717, 1.165) is 30.6 Å². The monoisotopic (exact) mass is 374 g/mol. The first kappa shape index (κ1) is 19.9. The van der Waals surface area contributed by atoms with E-state index in [2.05, 4.69) is 37.8 Å². The zero-order valence-corrected chi connectivity index (χ0v) is 17.1. The molecule has 0 spiro atoms. The first-order valence-corrected chi connectivity index (χ1v) is 9.94. The Hall–Kier alpha value is -2.81. The van der Waals surface area contributed by atoms with Crippen LogP contribution in [-0.2, 0) is 10.2 Å². The Morgan fingerprint density at radius 2 is 1.50 bits per heavy atom. The minimum absolute atomic E-state index is 0.116. The summed E-state index contributed by atoms with van der Waals surface area (Å²) < 4.78 is 0. The summed E-state index contributed by atoms with van der Waals surface area (Å²) in [4.78, 5) is 15.4. The molecule has 1 aliphatic heterocycles. The number of hydrogen-bond acceptors (Lipinski definition) is 2. The number of carbonyl (C=O) groups is 1. The van der Waals surface area contributed by atoms with Crippen molar-refractivity contribution < 1.29 is 4.79 Å². The van der Waals surface area contributed by atoms with Crippen LogP contribution in [0.25, 0.3) is 0 Å². The van der Waals surface area contributed by atoms with Gasteiger partial charge in [0.15, 0.2) is 0 Å². The number of allylic oxidation sites excluding steroid dienone is 4. The van der Waals surface area contributed by atoms with E-state index in [1.54, 1.807) is 0 Å². The molecule has 2 aromatic rings. The van der Waals surface area contributed by atoms with Crippen molar-refractivity contribution in [1.82, 2.24) is 4.90 Å². The molecular weight excluding hydrogens is 344 g/mol. The standard InChI is InChI=1S/C25H30N2O/c1-19(2)14-15-20(3)27-17-16-23(18-27)25(24(26)28,21-10-6-4-7-11-21)22-12-8-5-9-13-22/h4-15,23H,16-18H2,1-3H3,(H2,26,28)/b20-15+/t23-/m1/s1. The maximum atomic E-state index is 13.1. The number of carbonyl (C=O) groups excluding carboxylic acids is 1. The summed E-state index contributed by atoms with van der Waals surface area (Å²) >= 11 is 0. The molecule has 1 fully saturated rings. The fourth-order valence-electron chi connectivity index (χ4n) is 4.35. The highest BCUT2D eigenvalue weighted by Crippen LogP contribution is 2.44. The van der Waals surface area contributed by atoms with Gasteiger partial charge in [-0.25, -0.2) is 0 Å². The average molecular weight is 375 g/mol. The molecule has 2 N–H and O–H groups in total. The molecule has 1 atom stereocenters. The Morgan fingerprint density at radius 1 is 0.964 bits per heavy atom. The Morgan fingerprint density at radius 3 is 1.96 bits per heavy atom. The zero-order chi connectivity index (χ0) is 20.1. The molecule has 3 rings (SSSR count). The van der Waals surface area contributed by atoms with Gasteiger partial charge in [-0.05, 0) is 44.4 Å². The van der Waals surface area contributed by atoms with Gasteiger partial charge in [-0.15, -0.1) is 0 Å². The van der Waals surface area contributed by atoms with Crippen molar-refractivity contribution in [2.24, 2.45) is 11.7 Å². The highest BCUT2D eigenvalue weighted by atomic mass is 16.1. The third-order valence-electron chi connectivity index (χ3n) is 5.80. The van der Waals surface area contributed by atoms with Crippen LogP contribution in [0.5, 0.6) is 0 Å². The predicted octanol–water partition coefficient (Wildman–Crippen LogP) is 4.65. The summed E-state index contributed by atoms with van der Waals surface area (Å²) in [6.07, 6.45) is 5.22. The largest absolute Gasteiger partial charge is 0.375 e. The van der Waals surface area contributed by atoms with Crippen LogP contribution < -0.4 is 5.73 Å². The van der Waals surface area contributed by atoms with Crippen molar-refractivity contribution in [3.8, 4) is 0 Å². The van der Waals surface area contributed by atoms with E-state index in [0.29, 0.717) is 0 Å². The van der Waals surface area contributed by atoms with Gasteiger partial charge in [0.1, 0.15) is 5.41 Å². The fraction of sp³-hybridized carbons (Fsp3) is 0.320. The van der Waals surface area contributed by atoms with Crippen LogP contribution in [0, 0.1) is 5.92 Å². The van der Waals surface area contributed by atoms with Gasteiger partial charge in [0.05, 0.1) is 0 Å². The van der Waals surface area contributed by atoms with Crippen molar-refractivity contribution >= 4 is 5.91 Å². The molecule has 0 aromatic heterocycles. The normalized spacial score (nSPS) is 17.5. The van der Waals surface area contributed by atoms with E-state index in [4.69, 9.17) is 5.73 Å². The second kappa shape index (κ2) is 8.47. The molecule has 0 bridgehead atoms. The molecule has 1 aliphatic rings. The summed E-state index contributed by atoms with van der Waals surface area (Å²) in [5, 5.41) is 0. The lowest BCUT2D eigenvalue weighted by molar-refractivity contribution is -0.123. The molecule has 0 saturated carbocycles. The molecule has 0 unspecified atom stereocenters. The van der Waals surface area contributed by atoms with Gasteiger partial charge in [-0.3, -0.25) is 4.79 Å². The van der Waals surface area contributed by atoms with Gasteiger partial charge >= 0.3 is 0 Å². The molecule has 2 aromatic carbocycles. The molecule has 3 nitrogen and oxygen atoms in total. The van der Waals surface area contributed by atoms with E-state index < -0.39 is 5.41 Å². The van der Waals surface area contributed by atoms with Crippen LogP contribution in [0.15, 0.2) is 84.1 Å². The smallest absolute Gasteiger partial charge is 0.232 e. The zero-order valence-electron chi connectivity index (χ0n) is 17.1. The lowest BCUT2D eigenvalue weighted by Gasteiger charge is -2.37. The maximum absolute atomic E-state index is 13.1. The molecule has 146 valence electrons. The Bertz CT molecular complexity index is 824. The number of amides is 1. The van der Waals surface area contributed by atoms with Gasteiger partial charge in [0.25, 0.3) is 0 Å². The van der Waals surface area contributed by atoms with Crippen LogP contribution in [0.4, 0.5) is 0 Å². The summed E-state index contributed by atoms with van der Waals surface area (Å²) in [6, 6.07) is 20.1. The number of likely N-dealkylation sites (tertiary alicyclic amines) is 1. The van der Waals surface area contributed by atoms with Crippen LogP contribution >= 0.6 is 0 Å². The third kappa shape index (κ3) is 3.75. The molecule has 1 heterocycles. The summed E-state index contributed by atoms with van der Waals surface area (Å²) in [5.41, 5.74) is 9.78. The van der Waals surface area contributed by atoms with E-state index in [1.807, 2.05) is 60.7 Å². The number of nitrogens with two attached hydrogens (primary N) is 1. The molecular formula is C25H30N2O. The van der Waals surface area contributed by atoms with Gasteiger partial charge in [0, 0.05) is 24.7 Å². The summed E-state index contributed by atoms with van der Waals surface area (Å²) in [6.45, 7) is 8.07. The summed E-state index contributed by atoms with van der Waals surface area (Å²) in [7, 11) is 0. The molecule has 3 heteroatoms. The van der Waals surface area contributed by atoms with Crippen LogP contribution in [-0.4, -0.2) is 23.9 Å². The first-order valence-electron chi connectivity index (χ1n) is 9.94. The number of rotatable bonds is 6. The Balaban J connectivity index is 2.05. The fourth-order valence-corrected chi connectivity index (χ4v) is 4.35. The topological polar surface area (TPSA) is 46.3 Å². The SMILES string of the molecule is CC(C)=C/C=C(\C)N1CC[C@@H](C(C(N)=O)(c2ccccc2)c2ccccc2)C1. The van der Waals surface area contributed by atoms with Crippen molar-refractivity contribution in [1.29, 1.82) is 0 Å². The number of benzene rings is 2. The van der Waals surface area contributed by atoms with Crippen LogP contribution in [0.2, 0.25) is 0 Å². The van der Waals surface area contributed by atoms with Crippen LogP contribution in [0.1, 0.15) is 38.3 Å². The summed E-state index contributed by atoms with van der Waals surface area (Å²) in [5.74, 6) is -0.160. The third-order valence-corrected chi connectivity index (χ3v) is 5.80. The second-order valence-corrected chi connectivity index (χ2v) is 7.89. The molecule has 0 aliphatic carbocycles. The van der Waals surface area contributed by atoms with Gasteiger partial charge in [0.2, 0.25) is 5.91 Å². The molecule has 1 saturated heterocycles. The maximum Gasteiger partial charge on any atom is 0.232 e. The lowest BCUT2D eigenvalue weighted by atomic mass is 9.64. The van der Waals surface area contributed by atoms with E-state index >= 15 is 0 Å². The highest BCUT2D eigenvalue weighted by molar-refractivity contribution is 5.91. The van der Waals surface area contributed by atoms with E-state index in [9.17, 15) is 4.79 Å². The van der Waals surface area contributed by atoms with Crippen molar-refractivity contribution in [3.05, 3.63) is 95.2 Å². The lowest BCUT2D eigenvalue weighted by Crippen LogP contribution is -2.49. The second-order valence-electron chi connectivity index (χ2n) is 7.89. The van der Waals surface area contributed by atoms with Crippen molar-refractivity contribution in [3.63, 3.8) is 0 Å². The molecule has 0 radical (unpaired) electrons. The van der Waals surface area contributed by atoms with Gasteiger partial charge in [-0.2, -0.15) is 0 Å². The van der Waals surface area contributed by atoms with Crippen LogP contribution in [0.3, 0.4) is 0 Å². The van der Waals surface area contributed by atoms with E-state index in [-0.39, 0.29) is 11.8 Å². The molecule has 1 amide bonds. The average Bonchev–Trinajstić information content (AvgIpc) is 3.18. The number of hydrogen-bond donors (Lipinski definition) is 1. The Kier molecular flexibility index (Phi) is 6.03. The van der Waals surface area contributed by atoms with E-state index in [1.165, 1.54) is 11.3 Å². The molecule has 28 heavy (non-hydrogen) atoms. The minimum atomic E-state index is -0.825. The van der Waals surface area contributed by atoms with Crippen molar-refractivity contribution in [2.45, 2.75) is 32.6 Å². The number of nitrogens with zero attached hydrogens (tertiary/aromatic N) is 1. The predicted molar refractivity (Wildman–Crippen MR) is 116 cm³/mol. The quantitative estimate of drug-likeness (QED) is 0.748. The van der Waals surface area contributed by atoms with Gasteiger partial charge < -0.3 is 10.6 Å². The number of primary amides is 1.